The van der Waals surface area contributed by atoms with Crippen molar-refractivity contribution in [1.82, 2.24) is 0 Å². The predicted molar refractivity (Wildman–Crippen MR) is 70.5 cm³/mol. The molecule has 0 amide bonds. The van der Waals surface area contributed by atoms with Gasteiger partial charge in [-0.1, -0.05) is 12.1 Å². The highest BCUT2D eigenvalue weighted by molar-refractivity contribution is 7.25. The van der Waals surface area contributed by atoms with Crippen molar-refractivity contribution in [3.63, 3.8) is 0 Å². The van der Waals surface area contributed by atoms with E-state index < -0.39 is 5.82 Å². The lowest BCUT2D eigenvalue weighted by Gasteiger charge is -2.01. The first-order valence-corrected chi connectivity index (χ1v) is 6.29. The Morgan fingerprint density at radius 1 is 0.944 bits per heavy atom. The SMILES string of the molecule is COc1ccc2c(sc3c(F)c(C)ccc32)c1F. The van der Waals surface area contributed by atoms with E-state index in [0.29, 0.717) is 15.0 Å². The van der Waals surface area contributed by atoms with E-state index >= 15 is 0 Å². The summed E-state index contributed by atoms with van der Waals surface area (Å²) >= 11 is 1.13. The second-order valence-electron chi connectivity index (χ2n) is 4.13. The maximum absolute atomic E-state index is 14.1. The second-order valence-corrected chi connectivity index (χ2v) is 5.15. The Balaban J connectivity index is 2.50. The van der Waals surface area contributed by atoms with Crippen LogP contribution < -0.4 is 4.74 Å². The van der Waals surface area contributed by atoms with Crippen LogP contribution in [0.1, 0.15) is 5.56 Å². The number of methoxy groups -OCH3 is 1. The second kappa shape index (κ2) is 3.92. The molecule has 0 aliphatic heterocycles. The fraction of sp³-hybridized carbons (Fsp3) is 0.143. The standard InChI is InChI=1S/C14H10F2OS/c1-7-3-4-8-9-5-6-10(17-2)12(16)14(9)18-13(8)11(7)15/h3-6H,1-2H3. The van der Waals surface area contributed by atoms with Gasteiger partial charge in [0.2, 0.25) is 0 Å². The first kappa shape index (κ1) is 11.4. The number of aryl methyl sites for hydroxylation is 1. The van der Waals surface area contributed by atoms with Gasteiger partial charge in [0.1, 0.15) is 5.82 Å². The number of hydrogen-bond donors (Lipinski definition) is 0. The van der Waals surface area contributed by atoms with Crippen molar-refractivity contribution in [1.29, 1.82) is 0 Å². The van der Waals surface area contributed by atoms with E-state index in [2.05, 4.69) is 0 Å². The summed E-state index contributed by atoms with van der Waals surface area (Å²) in [5.74, 6) is -0.508. The van der Waals surface area contributed by atoms with Gasteiger partial charge in [-0.2, -0.15) is 0 Å². The number of halogens is 2. The van der Waals surface area contributed by atoms with E-state index in [9.17, 15) is 8.78 Å². The number of thiophene rings is 1. The first-order chi connectivity index (χ1) is 8.63. The zero-order valence-corrected chi connectivity index (χ0v) is 10.7. The minimum absolute atomic E-state index is 0.186. The molecule has 1 nitrogen and oxygen atoms in total. The molecular weight excluding hydrogens is 254 g/mol. The number of hydrogen-bond acceptors (Lipinski definition) is 2. The third-order valence-electron chi connectivity index (χ3n) is 3.07. The Labute approximate surface area is 107 Å². The Morgan fingerprint density at radius 2 is 1.56 bits per heavy atom. The van der Waals surface area contributed by atoms with Crippen molar-refractivity contribution >= 4 is 31.5 Å². The van der Waals surface area contributed by atoms with Gasteiger partial charge in [0.25, 0.3) is 0 Å². The molecule has 0 unspecified atom stereocenters. The van der Waals surface area contributed by atoms with Gasteiger partial charge < -0.3 is 4.74 Å². The van der Waals surface area contributed by atoms with Gasteiger partial charge >= 0.3 is 0 Å². The lowest BCUT2D eigenvalue weighted by molar-refractivity contribution is 0.389. The molecule has 0 N–H and O–H groups in total. The molecule has 0 bridgehead atoms. The van der Waals surface area contributed by atoms with Gasteiger partial charge in [-0.05, 0) is 24.6 Å². The Kier molecular flexibility index (Phi) is 2.48. The van der Waals surface area contributed by atoms with Gasteiger partial charge in [-0.15, -0.1) is 11.3 Å². The normalized spacial score (nSPS) is 11.3. The van der Waals surface area contributed by atoms with Crippen LogP contribution in [0.5, 0.6) is 5.75 Å². The predicted octanol–water partition coefficient (Wildman–Crippen LogP) is 4.65. The van der Waals surface area contributed by atoms with E-state index in [4.69, 9.17) is 4.74 Å². The van der Waals surface area contributed by atoms with Crippen molar-refractivity contribution in [3.8, 4) is 5.75 Å². The fourth-order valence-corrected chi connectivity index (χ4v) is 3.30. The number of fused-ring (bicyclic) bond motifs is 3. The topological polar surface area (TPSA) is 9.23 Å². The molecule has 0 spiro atoms. The molecule has 0 saturated carbocycles. The van der Waals surface area contributed by atoms with Gasteiger partial charge in [0.15, 0.2) is 11.6 Å². The number of ether oxygens (including phenoxy) is 1. The van der Waals surface area contributed by atoms with E-state index in [-0.39, 0.29) is 11.6 Å². The summed E-state index contributed by atoms with van der Waals surface area (Å²) in [5.41, 5.74) is 0.571. The maximum Gasteiger partial charge on any atom is 0.182 e. The lowest BCUT2D eigenvalue weighted by Crippen LogP contribution is -1.86. The molecule has 0 aliphatic carbocycles. The summed E-state index contributed by atoms with van der Waals surface area (Å²) in [6, 6.07) is 6.89. The van der Waals surface area contributed by atoms with Crippen molar-refractivity contribution < 1.29 is 13.5 Å². The average molecular weight is 264 g/mol. The van der Waals surface area contributed by atoms with Gasteiger partial charge in [0.05, 0.1) is 16.5 Å². The molecule has 0 aliphatic rings. The van der Waals surface area contributed by atoms with Crippen molar-refractivity contribution in [3.05, 3.63) is 41.5 Å². The van der Waals surface area contributed by atoms with Gasteiger partial charge in [-0.25, -0.2) is 8.78 Å². The zero-order chi connectivity index (χ0) is 12.9. The average Bonchev–Trinajstić information content (AvgIpc) is 2.75. The van der Waals surface area contributed by atoms with Crippen LogP contribution in [0.3, 0.4) is 0 Å². The Bertz CT molecular complexity index is 761. The molecule has 4 heteroatoms. The quantitative estimate of drug-likeness (QED) is 0.621. The lowest BCUT2D eigenvalue weighted by atomic mass is 10.1. The Hall–Kier alpha value is -1.68. The van der Waals surface area contributed by atoms with Crippen molar-refractivity contribution in [2.75, 3.05) is 7.11 Å². The maximum atomic E-state index is 14.1. The van der Waals surface area contributed by atoms with Crippen LogP contribution in [0.4, 0.5) is 8.78 Å². The van der Waals surface area contributed by atoms with E-state index in [1.54, 1.807) is 25.1 Å². The van der Waals surface area contributed by atoms with Crippen LogP contribution in [-0.4, -0.2) is 7.11 Å². The number of benzene rings is 2. The highest BCUT2D eigenvalue weighted by atomic mass is 32.1. The molecule has 0 fully saturated rings. The van der Waals surface area contributed by atoms with Crippen molar-refractivity contribution in [2.24, 2.45) is 0 Å². The zero-order valence-electron chi connectivity index (χ0n) is 9.88. The van der Waals surface area contributed by atoms with Crippen molar-refractivity contribution in [2.45, 2.75) is 6.92 Å². The molecule has 1 heterocycles. The Morgan fingerprint density at radius 3 is 2.22 bits per heavy atom. The molecule has 92 valence electrons. The van der Waals surface area contributed by atoms with Gasteiger partial charge in [-0.3, -0.25) is 0 Å². The summed E-state index contributed by atoms with van der Waals surface area (Å²) in [6.45, 7) is 1.70. The summed E-state index contributed by atoms with van der Waals surface area (Å²) in [5, 5.41) is 1.48. The summed E-state index contributed by atoms with van der Waals surface area (Å²) in [4.78, 5) is 0. The highest BCUT2D eigenvalue weighted by Gasteiger charge is 2.16. The summed E-state index contributed by atoms with van der Waals surface area (Å²) < 4.78 is 34.0. The monoisotopic (exact) mass is 264 g/mol. The fourth-order valence-electron chi connectivity index (χ4n) is 2.08. The van der Waals surface area contributed by atoms with Crippen LogP contribution >= 0.6 is 11.3 Å². The van der Waals surface area contributed by atoms with Crippen LogP contribution in [0.2, 0.25) is 0 Å². The van der Waals surface area contributed by atoms with Crippen LogP contribution in [0.25, 0.3) is 20.2 Å². The smallest absolute Gasteiger partial charge is 0.182 e. The molecule has 1 aromatic heterocycles. The molecule has 0 radical (unpaired) electrons. The highest BCUT2D eigenvalue weighted by Crippen LogP contribution is 2.39. The molecule has 2 aromatic carbocycles. The van der Waals surface area contributed by atoms with Crippen LogP contribution in [-0.2, 0) is 0 Å². The minimum atomic E-state index is -0.423. The minimum Gasteiger partial charge on any atom is -0.494 e. The van der Waals surface area contributed by atoms with Crippen LogP contribution in [0.15, 0.2) is 24.3 Å². The molecule has 3 rings (SSSR count). The molecule has 0 saturated heterocycles. The van der Waals surface area contributed by atoms with Crippen LogP contribution in [0, 0.1) is 18.6 Å². The van der Waals surface area contributed by atoms with E-state index in [1.807, 2.05) is 6.07 Å². The van der Waals surface area contributed by atoms with E-state index in [0.717, 1.165) is 22.1 Å². The molecular formula is C14H10F2OS. The largest absolute Gasteiger partial charge is 0.494 e. The molecule has 18 heavy (non-hydrogen) atoms. The molecule has 3 aromatic rings. The van der Waals surface area contributed by atoms with E-state index in [1.165, 1.54) is 7.11 Å². The third-order valence-corrected chi connectivity index (χ3v) is 4.27. The molecule has 0 atom stereocenters. The summed E-state index contributed by atoms with van der Waals surface area (Å²) in [7, 11) is 1.42. The first-order valence-electron chi connectivity index (χ1n) is 5.47. The summed E-state index contributed by atoms with van der Waals surface area (Å²) in [6.07, 6.45) is 0. The third kappa shape index (κ3) is 1.42. The van der Waals surface area contributed by atoms with Gasteiger partial charge in [0, 0.05) is 10.8 Å². The number of rotatable bonds is 1.